The van der Waals surface area contributed by atoms with Crippen LogP contribution in [0.3, 0.4) is 0 Å². The second-order valence-electron chi connectivity index (χ2n) is 7.10. The van der Waals surface area contributed by atoms with Crippen molar-refractivity contribution in [1.29, 1.82) is 0 Å². The fraction of sp³-hybridized carbons (Fsp3) is 0.556. The third kappa shape index (κ3) is 2.94. The minimum Gasteiger partial charge on any atom is -0.356 e. The molecule has 2 saturated heterocycles. The van der Waals surface area contributed by atoms with Crippen LogP contribution in [0.4, 0.5) is 5.82 Å². The normalized spacial score (nSPS) is 22.1. The summed E-state index contributed by atoms with van der Waals surface area (Å²) in [6, 6.07) is 4.60. The number of rotatable bonds is 3. The lowest BCUT2D eigenvalue weighted by molar-refractivity contribution is -0.134. The number of hydrogen-bond donors (Lipinski definition) is 2. The molecular weight excluding hydrogens is 332 g/mol. The molecule has 8 heteroatoms. The molecule has 4 heterocycles. The molecule has 0 saturated carbocycles. The lowest BCUT2D eigenvalue weighted by Crippen LogP contribution is -2.41. The molecule has 138 valence electrons. The molecule has 2 aromatic heterocycles. The van der Waals surface area contributed by atoms with Crippen LogP contribution >= 0.6 is 0 Å². The molecule has 0 spiro atoms. The number of hydrogen-bond acceptors (Lipinski definition) is 6. The monoisotopic (exact) mass is 356 g/mol. The molecule has 1 atom stereocenters. The van der Waals surface area contributed by atoms with Gasteiger partial charge in [0.1, 0.15) is 5.82 Å². The Morgan fingerprint density at radius 1 is 1.19 bits per heavy atom. The number of aryl methyl sites for hydroxylation is 1. The average Bonchev–Trinajstić information content (AvgIpc) is 2.98. The summed E-state index contributed by atoms with van der Waals surface area (Å²) in [6.07, 6.45) is 3.04. The summed E-state index contributed by atoms with van der Waals surface area (Å²) in [7, 11) is 3.86. The predicted octanol–water partition coefficient (Wildman–Crippen LogP) is 0.677. The Labute approximate surface area is 151 Å². The van der Waals surface area contributed by atoms with Gasteiger partial charge in [0.25, 0.3) is 0 Å². The summed E-state index contributed by atoms with van der Waals surface area (Å²) in [4.78, 5) is 30.7. The summed E-state index contributed by atoms with van der Waals surface area (Å²) in [5.41, 5.74) is 1.48. The Bertz CT molecular complexity index is 853. The van der Waals surface area contributed by atoms with Crippen LogP contribution in [0, 0.1) is 0 Å². The minimum atomic E-state index is -0.393. The maximum atomic E-state index is 12.2. The number of imide groups is 1. The van der Waals surface area contributed by atoms with Crippen LogP contribution in [-0.2, 0) is 16.6 Å². The first-order valence-electron chi connectivity index (χ1n) is 9.16. The maximum Gasteiger partial charge on any atom is 0.235 e. The van der Waals surface area contributed by atoms with E-state index in [-0.39, 0.29) is 11.8 Å². The SMILES string of the molecule is CNC1CCN(c2ccc3c(C4CCC(=O)NC4=O)nn(C)c3n2)CC1. The van der Waals surface area contributed by atoms with E-state index in [1.54, 1.807) is 4.68 Å². The number of piperidine rings is 2. The molecule has 2 aromatic rings. The van der Waals surface area contributed by atoms with Crippen LogP contribution < -0.4 is 15.5 Å². The van der Waals surface area contributed by atoms with Crippen LogP contribution in [-0.4, -0.2) is 52.8 Å². The van der Waals surface area contributed by atoms with Gasteiger partial charge in [0.15, 0.2) is 5.65 Å². The number of carbonyl (C=O) groups excluding carboxylic acids is 2. The first kappa shape index (κ1) is 17.0. The van der Waals surface area contributed by atoms with E-state index in [4.69, 9.17) is 4.98 Å². The molecule has 2 fully saturated rings. The number of carbonyl (C=O) groups is 2. The number of amides is 2. The van der Waals surface area contributed by atoms with Gasteiger partial charge in [-0.2, -0.15) is 5.10 Å². The van der Waals surface area contributed by atoms with E-state index in [0.717, 1.165) is 42.8 Å². The highest BCUT2D eigenvalue weighted by atomic mass is 16.2. The molecule has 2 N–H and O–H groups in total. The van der Waals surface area contributed by atoms with E-state index in [2.05, 4.69) is 20.6 Å². The molecule has 0 bridgehead atoms. The Hall–Kier alpha value is -2.48. The predicted molar refractivity (Wildman–Crippen MR) is 97.9 cm³/mol. The topological polar surface area (TPSA) is 92.2 Å². The van der Waals surface area contributed by atoms with E-state index in [1.807, 2.05) is 26.2 Å². The van der Waals surface area contributed by atoms with Crippen molar-refractivity contribution >= 4 is 28.7 Å². The van der Waals surface area contributed by atoms with Gasteiger partial charge in [-0.25, -0.2) is 4.98 Å². The van der Waals surface area contributed by atoms with Crippen molar-refractivity contribution in [3.05, 3.63) is 17.8 Å². The standard InChI is InChI=1S/C18H24N6O2/c1-19-11-7-9-24(10-8-11)14-5-3-12-16(22-23(2)17(12)20-14)13-4-6-15(25)21-18(13)26/h3,5,11,13,19H,4,6-10H2,1-2H3,(H,21,25,26). The van der Waals surface area contributed by atoms with E-state index in [1.165, 1.54) is 0 Å². The third-order valence-electron chi connectivity index (χ3n) is 5.50. The Morgan fingerprint density at radius 3 is 2.65 bits per heavy atom. The van der Waals surface area contributed by atoms with Gasteiger partial charge in [-0.15, -0.1) is 0 Å². The molecular formula is C18H24N6O2. The molecule has 0 aliphatic carbocycles. The van der Waals surface area contributed by atoms with Gasteiger partial charge >= 0.3 is 0 Å². The summed E-state index contributed by atoms with van der Waals surface area (Å²) in [5.74, 6) is 0.0802. The van der Waals surface area contributed by atoms with Crippen molar-refractivity contribution in [2.24, 2.45) is 7.05 Å². The van der Waals surface area contributed by atoms with Crippen molar-refractivity contribution in [2.45, 2.75) is 37.6 Å². The van der Waals surface area contributed by atoms with Crippen LogP contribution in [0.2, 0.25) is 0 Å². The average molecular weight is 356 g/mol. The largest absolute Gasteiger partial charge is 0.356 e. The molecule has 26 heavy (non-hydrogen) atoms. The zero-order chi connectivity index (χ0) is 18.3. The Balaban J connectivity index is 1.63. The van der Waals surface area contributed by atoms with Gasteiger partial charge in [-0.05, 0) is 38.4 Å². The minimum absolute atomic E-state index is 0.211. The van der Waals surface area contributed by atoms with Gasteiger partial charge in [-0.3, -0.25) is 19.6 Å². The Morgan fingerprint density at radius 2 is 1.96 bits per heavy atom. The Kier molecular flexibility index (Phi) is 4.36. The van der Waals surface area contributed by atoms with Gasteiger partial charge in [-0.1, -0.05) is 0 Å². The number of anilines is 1. The van der Waals surface area contributed by atoms with Crippen molar-refractivity contribution in [2.75, 3.05) is 25.0 Å². The summed E-state index contributed by atoms with van der Waals surface area (Å²) < 4.78 is 1.73. The first-order chi connectivity index (χ1) is 12.6. The van der Waals surface area contributed by atoms with E-state index >= 15 is 0 Å². The smallest absolute Gasteiger partial charge is 0.235 e. The molecule has 4 rings (SSSR count). The molecule has 0 aromatic carbocycles. The van der Waals surface area contributed by atoms with Gasteiger partial charge in [0, 0.05) is 38.0 Å². The number of fused-ring (bicyclic) bond motifs is 1. The van der Waals surface area contributed by atoms with Crippen molar-refractivity contribution in [1.82, 2.24) is 25.4 Å². The maximum absolute atomic E-state index is 12.2. The van der Waals surface area contributed by atoms with Crippen LogP contribution in [0.25, 0.3) is 11.0 Å². The zero-order valence-corrected chi connectivity index (χ0v) is 15.2. The van der Waals surface area contributed by atoms with Gasteiger partial charge in [0.2, 0.25) is 11.8 Å². The van der Waals surface area contributed by atoms with Crippen molar-refractivity contribution in [3.8, 4) is 0 Å². The van der Waals surface area contributed by atoms with E-state index in [0.29, 0.717) is 24.6 Å². The highest BCUT2D eigenvalue weighted by molar-refractivity contribution is 6.02. The quantitative estimate of drug-likeness (QED) is 0.786. The molecule has 1 unspecified atom stereocenters. The zero-order valence-electron chi connectivity index (χ0n) is 15.2. The molecule has 2 aliphatic rings. The van der Waals surface area contributed by atoms with Crippen LogP contribution in [0.5, 0.6) is 0 Å². The molecule has 2 amide bonds. The lowest BCUT2D eigenvalue weighted by atomic mass is 9.93. The fourth-order valence-corrected chi connectivity index (χ4v) is 3.93. The van der Waals surface area contributed by atoms with Crippen LogP contribution in [0.15, 0.2) is 12.1 Å². The molecule has 8 nitrogen and oxygen atoms in total. The highest BCUT2D eigenvalue weighted by Crippen LogP contribution is 2.31. The van der Waals surface area contributed by atoms with Crippen molar-refractivity contribution in [3.63, 3.8) is 0 Å². The van der Waals surface area contributed by atoms with E-state index in [9.17, 15) is 9.59 Å². The van der Waals surface area contributed by atoms with Crippen LogP contribution in [0.1, 0.15) is 37.3 Å². The second kappa shape index (κ2) is 6.68. The van der Waals surface area contributed by atoms with Gasteiger partial charge in [0.05, 0.1) is 11.6 Å². The fourth-order valence-electron chi connectivity index (χ4n) is 3.93. The summed E-state index contributed by atoms with van der Waals surface area (Å²) >= 11 is 0. The molecule has 0 radical (unpaired) electrons. The highest BCUT2D eigenvalue weighted by Gasteiger charge is 2.32. The number of aromatic nitrogens is 3. The van der Waals surface area contributed by atoms with Crippen molar-refractivity contribution < 1.29 is 9.59 Å². The van der Waals surface area contributed by atoms with E-state index < -0.39 is 5.92 Å². The number of pyridine rings is 1. The third-order valence-corrected chi connectivity index (χ3v) is 5.50. The molecule has 2 aliphatic heterocycles. The second-order valence-corrected chi connectivity index (χ2v) is 7.10. The summed E-state index contributed by atoms with van der Waals surface area (Å²) in [5, 5.41) is 11.2. The lowest BCUT2D eigenvalue weighted by Gasteiger charge is -2.32. The number of nitrogens with zero attached hydrogens (tertiary/aromatic N) is 4. The number of nitrogens with one attached hydrogen (secondary N) is 2. The van der Waals surface area contributed by atoms with Gasteiger partial charge < -0.3 is 10.2 Å². The first-order valence-corrected chi connectivity index (χ1v) is 9.16. The summed E-state index contributed by atoms with van der Waals surface area (Å²) in [6.45, 7) is 1.95.